The topological polar surface area (TPSA) is 180 Å². The second-order valence-corrected chi connectivity index (χ2v) is 14.9. The molecule has 6 aliphatic rings. The Hall–Kier alpha value is -6.01. The molecular formula is C44H48ClN2O15-. The van der Waals surface area contributed by atoms with E-state index in [0.717, 1.165) is 35.2 Å². The first-order chi connectivity index (χ1) is 29.1. The average Bonchev–Trinajstić information content (AvgIpc) is 4.07. The number of benzene rings is 4. The lowest BCUT2D eigenvalue weighted by molar-refractivity contribution is -0.899. The highest BCUT2D eigenvalue weighted by molar-refractivity contribution is 5.99. The molecule has 332 valence electrons. The Labute approximate surface area is 364 Å². The smallest absolute Gasteiger partial charge is 0.343 e. The highest BCUT2D eigenvalue weighted by Crippen LogP contribution is 2.58. The van der Waals surface area contributed by atoms with E-state index in [2.05, 4.69) is 5.32 Å². The fourth-order valence-corrected chi connectivity index (χ4v) is 9.29. The molecule has 0 spiro atoms. The molecule has 10 rings (SSSR count). The van der Waals surface area contributed by atoms with Crippen LogP contribution in [0.3, 0.4) is 0 Å². The van der Waals surface area contributed by atoms with Crippen LogP contribution in [0.4, 0.5) is 0 Å². The number of esters is 2. The second kappa shape index (κ2) is 17.0. The average molecular weight is 880 g/mol. The Morgan fingerprint density at radius 1 is 0.645 bits per heavy atom. The molecule has 6 heterocycles. The van der Waals surface area contributed by atoms with Crippen molar-refractivity contribution in [2.24, 2.45) is 0 Å². The number of carbonyl (C=O) groups excluding carboxylic acids is 2. The zero-order chi connectivity index (χ0) is 42.0. The van der Waals surface area contributed by atoms with Crippen LogP contribution in [0.5, 0.6) is 57.5 Å². The number of halogens is 1. The van der Waals surface area contributed by atoms with Crippen LogP contribution in [-0.2, 0) is 22.3 Å². The molecule has 4 aromatic carbocycles. The molecule has 0 fully saturated rings. The van der Waals surface area contributed by atoms with Gasteiger partial charge in [-0.25, -0.2) is 9.59 Å². The third kappa shape index (κ3) is 6.74. The summed E-state index contributed by atoms with van der Waals surface area (Å²) in [5.74, 6) is 3.95. The summed E-state index contributed by atoms with van der Waals surface area (Å²) >= 11 is 0. The SMILES string of the molecule is C.COc1ccc2c(c1OC)C(=O)O[C@@H]2[C@@H]1NCCc2cc3c(c(OC)c21)OCO3.COc1ccc2c(c1OC)C(=O)O[C@@H]2[C@H]1c2c(cc3c(c2OC)OCO3)CC[N+]1(C)[O-].[Cl-]. The van der Waals surface area contributed by atoms with E-state index >= 15 is 0 Å². The molecular weight excluding hydrogens is 832 g/mol. The van der Waals surface area contributed by atoms with Crippen LogP contribution in [0.2, 0.25) is 0 Å². The number of carbonyl (C=O) groups is 2. The lowest BCUT2D eigenvalue weighted by Crippen LogP contribution is -3.00. The van der Waals surface area contributed by atoms with E-state index in [1.807, 2.05) is 18.2 Å². The number of nitrogens with zero attached hydrogens (tertiary/aromatic N) is 1. The van der Waals surface area contributed by atoms with Crippen molar-refractivity contribution in [3.05, 3.63) is 86.1 Å². The van der Waals surface area contributed by atoms with Crippen LogP contribution in [0.1, 0.15) is 85.8 Å². The van der Waals surface area contributed by atoms with Crippen molar-refractivity contribution in [1.82, 2.24) is 5.32 Å². The number of hydrogen-bond donors (Lipinski definition) is 1. The lowest BCUT2D eigenvalue weighted by Gasteiger charge is -2.50. The van der Waals surface area contributed by atoms with Crippen LogP contribution in [0.15, 0.2) is 36.4 Å². The largest absolute Gasteiger partial charge is 1.00 e. The Bertz CT molecular complexity index is 2420. The van der Waals surface area contributed by atoms with Gasteiger partial charge in [-0.15, -0.1) is 0 Å². The predicted octanol–water partition coefficient (Wildman–Crippen LogP) is 3.07. The molecule has 0 radical (unpaired) electrons. The number of nitrogens with one attached hydrogen (secondary N) is 1. The molecule has 0 amide bonds. The van der Waals surface area contributed by atoms with Gasteiger partial charge < -0.3 is 84.4 Å². The summed E-state index contributed by atoms with van der Waals surface area (Å²) in [6.45, 7) is 1.29. The summed E-state index contributed by atoms with van der Waals surface area (Å²) in [5, 5.41) is 17.2. The van der Waals surface area contributed by atoms with Crippen LogP contribution in [-0.4, -0.2) is 93.0 Å². The zero-order valence-corrected chi connectivity index (χ0v) is 35.2. The molecule has 0 aromatic heterocycles. The lowest BCUT2D eigenvalue weighted by atomic mass is 9.85. The van der Waals surface area contributed by atoms with Crippen molar-refractivity contribution in [3.8, 4) is 57.5 Å². The van der Waals surface area contributed by atoms with Crippen molar-refractivity contribution in [3.63, 3.8) is 0 Å². The number of hydrogen-bond acceptors (Lipinski definition) is 16. The summed E-state index contributed by atoms with van der Waals surface area (Å²) in [4.78, 5) is 25.6. The van der Waals surface area contributed by atoms with Crippen LogP contribution < -0.4 is 65.1 Å². The Morgan fingerprint density at radius 3 is 1.65 bits per heavy atom. The van der Waals surface area contributed by atoms with Gasteiger partial charge in [0.15, 0.2) is 58.1 Å². The second-order valence-electron chi connectivity index (χ2n) is 14.9. The Morgan fingerprint density at radius 2 is 1.13 bits per heavy atom. The highest BCUT2D eigenvalue weighted by Gasteiger charge is 2.51. The number of rotatable bonds is 8. The molecule has 1 unspecified atom stereocenters. The normalized spacial score (nSPS) is 22.7. The molecule has 6 aliphatic heterocycles. The zero-order valence-electron chi connectivity index (χ0n) is 34.5. The van der Waals surface area contributed by atoms with Crippen molar-refractivity contribution < 1.29 is 83.5 Å². The van der Waals surface area contributed by atoms with Crippen LogP contribution in [0, 0.1) is 5.21 Å². The maximum absolute atomic E-state index is 13.7. The van der Waals surface area contributed by atoms with Gasteiger partial charge in [0.1, 0.15) is 17.2 Å². The first-order valence-corrected chi connectivity index (χ1v) is 19.3. The van der Waals surface area contributed by atoms with Gasteiger partial charge >= 0.3 is 11.9 Å². The number of hydroxylamine groups is 3. The number of quaternary nitrogens is 1. The summed E-state index contributed by atoms with van der Waals surface area (Å²) < 4.78 is 66.3. The number of likely N-dealkylation sites (N-methyl/N-ethyl adjacent to an activating group) is 1. The standard InChI is InChI=1S/C22H23NO8.C21H21NO7.CH4.ClH/c1-23(25)8-7-11-9-14-20(30-10-29-14)21(28-4)15(11)17(23)18-12-5-6-13(26-2)19(27-3)16(12)22(24)31-18;1-24-12-5-4-11-15(18(12)25-2)21(23)29-17(11)16-14-10(6-7-22-16)8-13-19(20(14)26-3)28-9-27-13;;/h5-6,9,17-18H,7-8,10H2,1-4H3;4-5,8,16-17,22H,6-7,9H2,1-3H3;1H4;1H/p-1/t17-,18+,23?;16-,17+;;/m11../s1. The van der Waals surface area contributed by atoms with Gasteiger partial charge in [-0.1, -0.05) is 19.6 Å². The summed E-state index contributed by atoms with van der Waals surface area (Å²) in [6.07, 6.45) is -0.0138. The monoisotopic (exact) mass is 879 g/mol. The fourth-order valence-electron chi connectivity index (χ4n) is 9.29. The summed E-state index contributed by atoms with van der Waals surface area (Å²) in [5.41, 5.74) is 5.60. The van der Waals surface area contributed by atoms with Gasteiger partial charge in [-0.05, 0) is 48.4 Å². The van der Waals surface area contributed by atoms with Gasteiger partial charge in [0.2, 0.25) is 25.1 Å². The van der Waals surface area contributed by atoms with E-state index in [0.29, 0.717) is 87.2 Å². The molecule has 18 heteroatoms. The summed E-state index contributed by atoms with van der Waals surface area (Å²) in [6, 6.07) is 9.92. The molecule has 0 saturated carbocycles. The van der Waals surface area contributed by atoms with Crippen molar-refractivity contribution in [1.29, 1.82) is 0 Å². The minimum absolute atomic E-state index is 0. The van der Waals surface area contributed by atoms with Gasteiger partial charge in [-0.3, -0.25) is 0 Å². The van der Waals surface area contributed by atoms with Crippen LogP contribution in [0.25, 0.3) is 0 Å². The minimum atomic E-state index is -0.821. The van der Waals surface area contributed by atoms with E-state index in [1.165, 1.54) is 35.5 Å². The number of methoxy groups -OCH3 is 6. The van der Waals surface area contributed by atoms with Crippen molar-refractivity contribution >= 4 is 11.9 Å². The van der Waals surface area contributed by atoms with Gasteiger partial charge in [0.05, 0.1) is 67.9 Å². The quantitative estimate of drug-likeness (QED) is 0.155. The molecule has 62 heavy (non-hydrogen) atoms. The molecule has 1 N–H and O–H groups in total. The Kier molecular flexibility index (Phi) is 12.1. The maximum atomic E-state index is 13.7. The van der Waals surface area contributed by atoms with E-state index in [1.54, 1.807) is 32.4 Å². The van der Waals surface area contributed by atoms with Crippen molar-refractivity contribution in [2.45, 2.75) is 44.6 Å². The minimum Gasteiger partial charge on any atom is -1.00 e. The van der Waals surface area contributed by atoms with E-state index < -0.39 is 34.8 Å². The molecule has 4 aromatic rings. The Balaban J connectivity index is 0.000000181. The van der Waals surface area contributed by atoms with Gasteiger partial charge in [0, 0.05) is 23.1 Å². The van der Waals surface area contributed by atoms with E-state index in [-0.39, 0.29) is 45.0 Å². The molecule has 0 bridgehead atoms. The molecule has 0 aliphatic carbocycles. The highest BCUT2D eigenvalue weighted by atomic mass is 35.5. The third-order valence-electron chi connectivity index (χ3n) is 11.9. The van der Waals surface area contributed by atoms with Crippen molar-refractivity contribution in [2.75, 3.05) is 76.4 Å². The number of ether oxygens (including phenoxy) is 12. The first kappa shape index (κ1) is 44.1. The third-order valence-corrected chi connectivity index (χ3v) is 11.9. The molecule has 5 atom stereocenters. The van der Waals surface area contributed by atoms with Gasteiger partial charge in [0.25, 0.3) is 0 Å². The van der Waals surface area contributed by atoms with Crippen LogP contribution >= 0.6 is 0 Å². The summed E-state index contributed by atoms with van der Waals surface area (Å²) in [7, 11) is 10.7. The number of fused-ring (bicyclic) bond motifs is 6. The molecule has 17 nitrogen and oxygen atoms in total. The molecule has 0 saturated heterocycles. The van der Waals surface area contributed by atoms with E-state index in [4.69, 9.17) is 56.8 Å². The van der Waals surface area contributed by atoms with Gasteiger partial charge in [-0.2, -0.15) is 0 Å². The predicted molar refractivity (Wildman–Crippen MR) is 216 cm³/mol. The first-order valence-electron chi connectivity index (χ1n) is 19.3. The fraction of sp³-hybridized carbons (Fsp3) is 0.409. The maximum Gasteiger partial charge on any atom is 0.343 e. The van der Waals surface area contributed by atoms with E-state index in [9.17, 15) is 14.8 Å². The number of cyclic esters (lactones) is 2.